The van der Waals surface area contributed by atoms with Crippen LogP contribution in [0.2, 0.25) is 0 Å². The van der Waals surface area contributed by atoms with Gasteiger partial charge in [-0.15, -0.1) is 0 Å². The van der Waals surface area contributed by atoms with Gasteiger partial charge in [0, 0.05) is 12.6 Å². The fourth-order valence-electron chi connectivity index (χ4n) is 3.04. The van der Waals surface area contributed by atoms with E-state index in [-0.39, 0.29) is 24.1 Å². The Morgan fingerprint density at radius 3 is 2.35 bits per heavy atom. The van der Waals surface area contributed by atoms with Crippen molar-refractivity contribution in [3.8, 4) is 0 Å². The zero-order chi connectivity index (χ0) is 18.7. The monoisotopic (exact) mass is 362 g/mol. The molecule has 1 amide bonds. The lowest BCUT2D eigenvalue weighted by Crippen LogP contribution is -2.39. The first-order valence-electron chi connectivity index (χ1n) is 8.57. The molecule has 0 saturated heterocycles. The maximum atomic E-state index is 13.3. The third kappa shape index (κ3) is 4.43. The summed E-state index contributed by atoms with van der Waals surface area (Å²) in [5.74, 6) is -0.175. The largest absolute Gasteiger partial charge is 0.416 e. The number of carbonyl (C=O) groups excluding carboxylic acids is 1. The summed E-state index contributed by atoms with van der Waals surface area (Å²) in [7, 11) is 1.68. The molecule has 0 bridgehead atoms. The molecule has 1 unspecified atom stereocenters. The first-order chi connectivity index (χ1) is 12.4. The SMILES string of the molecule is CN(Cc1ccccc1C(F)(F)F)C(C(=O)NC1CC1)c1ccccc1. The van der Waals surface area contributed by atoms with Gasteiger partial charge in [-0.1, -0.05) is 48.5 Å². The summed E-state index contributed by atoms with van der Waals surface area (Å²) in [6, 6.07) is 14.2. The molecule has 2 aromatic rings. The van der Waals surface area contributed by atoms with Crippen molar-refractivity contribution in [3.63, 3.8) is 0 Å². The normalized spacial score (nSPS) is 15.7. The summed E-state index contributed by atoms with van der Waals surface area (Å²) >= 11 is 0. The molecule has 0 heterocycles. The lowest BCUT2D eigenvalue weighted by molar-refractivity contribution is -0.138. The molecular formula is C20H21F3N2O. The predicted molar refractivity (Wildman–Crippen MR) is 93.3 cm³/mol. The molecule has 1 aliphatic carbocycles. The number of halogens is 3. The Hall–Kier alpha value is -2.34. The van der Waals surface area contributed by atoms with Gasteiger partial charge in [0.2, 0.25) is 5.91 Å². The Morgan fingerprint density at radius 1 is 1.12 bits per heavy atom. The highest BCUT2D eigenvalue weighted by atomic mass is 19.4. The van der Waals surface area contributed by atoms with Gasteiger partial charge in [0.25, 0.3) is 0 Å². The van der Waals surface area contributed by atoms with E-state index in [0.29, 0.717) is 0 Å². The second-order valence-corrected chi connectivity index (χ2v) is 6.67. The van der Waals surface area contributed by atoms with Crippen molar-refractivity contribution in [2.24, 2.45) is 0 Å². The molecule has 1 fully saturated rings. The molecule has 2 aromatic carbocycles. The molecule has 1 aliphatic rings. The van der Waals surface area contributed by atoms with E-state index in [4.69, 9.17) is 0 Å². The van der Waals surface area contributed by atoms with E-state index in [1.54, 1.807) is 18.0 Å². The van der Waals surface area contributed by atoms with Gasteiger partial charge in [0.1, 0.15) is 6.04 Å². The summed E-state index contributed by atoms with van der Waals surface area (Å²) in [4.78, 5) is 14.4. The Labute approximate surface area is 150 Å². The van der Waals surface area contributed by atoms with Gasteiger partial charge in [-0.25, -0.2) is 0 Å². The number of hydrogen-bond acceptors (Lipinski definition) is 2. The highest BCUT2D eigenvalue weighted by Gasteiger charge is 2.35. The summed E-state index contributed by atoms with van der Waals surface area (Å²) in [5.41, 5.74) is 0.251. The Morgan fingerprint density at radius 2 is 1.73 bits per heavy atom. The van der Waals surface area contributed by atoms with Crippen molar-refractivity contribution in [1.29, 1.82) is 0 Å². The topological polar surface area (TPSA) is 32.3 Å². The molecule has 138 valence electrons. The van der Waals surface area contributed by atoms with Crippen molar-refractivity contribution >= 4 is 5.91 Å². The minimum absolute atomic E-state index is 0.0212. The van der Waals surface area contributed by atoms with Crippen LogP contribution in [-0.2, 0) is 17.5 Å². The van der Waals surface area contributed by atoms with Crippen LogP contribution in [0, 0.1) is 0 Å². The third-order valence-corrected chi connectivity index (χ3v) is 4.47. The molecule has 1 saturated carbocycles. The van der Waals surface area contributed by atoms with Crippen molar-refractivity contribution in [3.05, 3.63) is 71.3 Å². The maximum Gasteiger partial charge on any atom is 0.416 e. The molecule has 1 N–H and O–H groups in total. The van der Waals surface area contributed by atoms with Crippen molar-refractivity contribution < 1.29 is 18.0 Å². The minimum atomic E-state index is -4.42. The van der Waals surface area contributed by atoms with E-state index < -0.39 is 17.8 Å². The first-order valence-corrected chi connectivity index (χ1v) is 8.57. The second-order valence-electron chi connectivity index (χ2n) is 6.67. The van der Waals surface area contributed by atoms with Gasteiger partial charge < -0.3 is 5.32 Å². The third-order valence-electron chi connectivity index (χ3n) is 4.47. The minimum Gasteiger partial charge on any atom is -0.352 e. The van der Waals surface area contributed by atoms with Crippen LogP contribution in [-0.4, -0.2) is 23.9 Å². The summed E-state index contributed by atoms with van der Waals surface area (Å²) in [6.45, 7) is 0.0212. The molecule has 0 aromatic heterocycles. The van der Waals surface area contributed by atoms with Gasteiger partial charge in [-0.05, 0) is 37.1 Å². The quantitative estimate of drug-likeness (QED) is 0.837. The molecule has 0 aliphatic heterocycles. The highest BCUT2D eigenvalue weighted by Crippen LogP contribution is 2.33. The standard InChI is InChI=1S/C20H21F3N2O/c1-25(13-15-9-5-6-10-17(15)20(21,22)23)18(14-7-3-2-4-8-14)19(26)24-16-11-12-16/h2-10,16,18H,11-13H2,1H3,(H,24,26). The first kappa shape index (κ1) is 18.5. The zero-order valence-corrected chi connectivity index (χ0v) is 14.5. The molecule has 0 spiro atoms. The highest BCUT2D eigenvalue weighted by molar-refractivity contribution is 5.83. The number of carbonyl (C=O) groups is 1. The van der Waals surface area contributed by atoms with Gasteiger partial charge in [-0.2, -0.15) is 13.2 Å². The number of rotatable bonds is 6. The lowest BCUT2D eigenvalue weighted by Gasteiger charge is -2.28. The lowest BCUT2D eigenvalue weighted by atomic mass is 10.0. The molecule has 0 radical (unpaired) electrons. The smallest absolute Gasteiger partial charge is 0.352 e. The molecule has 1 atom stereocenters. The zero-order valence-electron chi connectivity index (χ0n) is 14.5. The molecule has 6 heteroatoms. The fourth-order valence-corrected chi connectivity index (χ4v) is 3.04. The Balaban J connectivity index is 1.86. The fraction of sp³-hybridized carbons (Fsp3) is 0.350. The van der Waals surface area contributed by atoms with Gasteiger partial charge in [0.05, 0.1) is 5.56 Å². The van der Waals surface area contributed by atoms with Gasteiger partial charge >= 0.3 is 6.18 Å². The number of likely N-dealkylation sites (N-methyl/N-ethyl adjacent to an activating group) is 1. The van der Waals surface area contributed by atoms with Crippen LogP contribution >= 0.6 is 0 Å². The van der Waals surface area contributed by atoms with Crippen molar-refractivity contribution in [2.75, 3.05) is 7.05 Å². The van der Waals surface area contributed by atoms with Crippen molar-refractivity contribution in [2.45, 2.75) is 37.6 Å². The summed E-state index contributed by atoms with van der Waals surface area (Å²) in [6.07, 6.45) is -2.52. The van der Waals surface area contributed by atoms with E-state index >= 15 is 0 Å². The second kappa shape index (κ2) is 7.50. The number of hydrogen-bond donors (Lipinski definition) is 1. The number of amides is 1. The van der Waals surface area contributed by atoms with E-state index in [9.17, 15) is 18.0 Å². The number of nitrogens with one attached hydrogen (secondary N) is 1. The Kier molecular flexibility index (Phi) is 5.32. The van der Waals surface area contributed by atoms with Crippen LogP contribution in [0.4, 0.5) is 13.2 Å². The van der Waals surface area contributed by atoms with Crippen LogP contribution in [0.1, 0.15) is 35.6 Å². The van der Waals surface area contributed by atoms with E-state index in [1.165, 1.54) is 12.1 Å². The van der Waals surface area contributed by atoms with Crippen LogP contribution in [0.3, 0.4) is 0 Å². The average molecular weight is 362 g/mol. The van der Waals surface area contributed by atoms with Crippen LogP contribution in [0.25, 0.3) is 0 Å². The maximum absolute atomic E-state index is 13.3. The van der Waals surface area contributed by atoms with E-state index in [0.717, 1.165) is 24.5 Å². The molecule has 3 nitrogen and oxygen atoms in total. The molecule has 26 heavy (non-hydrogen) atoms. The van der Waals surface area contributed by atoms with Crippen LogP contribution in [0.5, 0.6) is 0 Å². The number of benzene rings is 2. The van der Waals surface area contributed by atoms with Gasteiger partial charge in [-0.3, -0.25) is 9.69 Å². The van der Waals surface area contributed by atoms with E-state index in [1.807, 2.05) is 30.3 Å². The number of alkyl halides is 3. The van der Waals surface area contributed by atoms with Gasteiger partial charge in [0.15, 0.2) is 0 Å². The summed E-state index contributed by atoms with van der Waals surface area (Å²) in [5, 5.41) is 2.96. The van der Waals surface area contributed by atoms with E-state index in [2.05, 4.69) is 5.32 Å². The molecule has 3 rings (SSSR count). The number of nitrogens with zero attached hydrogens (tertiary/aromatic N) is 1. The van der Waals surface area contributed by atoms with Crippen LogP contribution in [0.15, 0.2) is 54.6 Å². The Bertz CT molecular complexity index is 757. The average Bonchev–Trinajstić information content (AvgIpc) is 3.39. The van der Waals surface area contributed by atoms with Crippen molar-refractivity contribution in [1.82, 2.24) is 10.2 Å². The summed E-state index contributed by atoms with van der Waals surface area (Å²) < 4.78 is 39.8. The predicted octanol–water partition coefficient (Wildman–Crippen LogP) is 4.16. The van der Waals surface area contributed by atoms with Crippen LogP contribution < -0.4 is 5.32 Å². The molecular weight excluding hydrogens is 341 g/mol.